The van der Waals surface area contributed by atoms with E-state index in [-0.39, 0.29) is 41.0 Å². The van der Waals surface area contributed by atoms with Gasteiger partial charge in [-0.2, -0.15) is 0 Å². The van der Waals surface area contributed by atoms with Crippen molar-refractivity contribution in [2.24, 2.45) is 28.6 Å². The molecule has 0 aliphatic heterocycles. The lowest BCUT2D eigenvalue weighted by Crippen LogP contribution is -2.70. The number of rotatable bonds is 1. The highest BCUT2D eigenvalue weighted by molar-refractivity contribution is 5.93. The predicted octanol–water partition coefficient (Wildman–Crippen LogP) is 2.39. The molecule has 4 fully saturated rings. The van der Waals surface area contributed by atoms with Crippen LogP contribution in [0, 0.1) is 28.6 Å². The molecule has 0 spiro atoms. The molecular formula is C24H32O6. The number of hydrogen-bond acceptors (Lipinski definition) is 6. The summed E-state index contributed by atoms with van der Waals surface area (Å²) in [6, 6.07) is 3.03. The highest BCUT2D eigenvalue weighted by Crippen LogP contribution is 2.69. The van der Waals surface area contributed by atoms with E-state index in [9.17, 15) is 24.9 Å². The smallest absolute Gasteiger partial charge is 0.335 e. The van der Waals surface area contributed by atoms with Crippen molar-refractivity contribution in [2.75, 3.05) is 0 Å². The van der Waals surface area contributed by atoms with E-state index >= 15 is 0 Å². The molecule has 30 heavy (non-hydrogen) atoms. The van der Waals surface area contributed by atoms with Gasteiger partial charge in [0.2, 0.25) is 0 Å². The Morgan fingerprint density at radius 3 is 2.50 bits per heavy atom. The summed E-state index contributed by atoms with van der Waals surface area (Å²) in [4.78, 5) is 25.2. The van der Waals surface area contributed by atoms with Crippen molar-refractivity contribution in [1.29, 1.82) is 0 Å². The van der Waals surface area contributed by atoms with Crippen molar-refractivity contribution in [3.8, 4) is 0 Å². The van der Waals surface area contributed by atoms with Gasteiger partial charge in [-0.3, -0.25) is 4.79 Å². The minimum atomic E-state index is -1.20. The van der Waals surface area contributed by atoms with Crippen LogP contribution in [0.5, 0.6) is 0 Å². The third-order valence-corrected chi connectivity index (χ3v) is 9.80. The summed E-state index contributed by atoms with van der Waals surface area (Å²) in [5.41, 5.74) is -2.29. The van der Waals surface area contributed by atoms with Crippen LogP contribution in [-0.4, -0.2) is 38.9 Å². The number of hydrogen-bond donors (Lipinski definition) is 3. The van der Waals surface area contributed by atoms with Gasteiger partial charge in [-0.25, -0.2) is 4.79 Å². The minimum absolute atomic E-state index is 0.160. The van der Waals surface area contributed by atoms with E-state index < -0.39 is 22.7 Å². The maximum Gasteiger partial charge on any atom is 0.335 e. The van der Waals surface area contributed by atoms with E-state index in [1.54, 1.807) is 13.0 Å². The molecule has 0 amide bonds. The van der Waals surface area contributed by atoms with Gasteiger partial charge in [-0.05, 0) is 80.8 Å². The Morgan fingerprint density at radius 1 is 1.03 bits per heavy atom. The Balaban J connectivity index is 1.58. The number of aliphatic hydroxyl groups excluding tert-OH is 2. The third kappa shape index (κ3) is 2.41. The lowest BCUT2D eigenvalue weighted by molar-refractivity contribution is -0.228. The zero-order chi connectivity index (χ0) is 21.5. The molecule has 164 valence electrons. The van der Waals surface area contributed by atoms with E-state index in [2.05, 4.69) is 6.92 Å². The molecule has 1 aromatic rings. The summed E-state index contributed by atoms with van der Waals surface area (Å²) in [6.45, 7) is 3.96. The van der Waals surface area contributed by atoms with Gasteiger partial charge in [-0.1, -0.05) is 6.92 Å². The summed E-state index contributed by atoms with van der Waals surface area (Å²) in [5, 5.41) is 33.7. The normalized spacial score (nSPS) is 50.5. The van der Waals surface area contributed by atoms with E-state index in [1.165, 1.54) is 12.3 Å². The molecule has 0 bridgehead atoms. The van der Waals surface area contributed by atoms with Gasteiger partial charge in [0.15, 0.2) is 5.78 Å². The van der Waals surface area contributed by atoms with Crippen LogP contribution < -0.4 is 5.63 Å². The predicted molar refractivity (Wildman–Crippen MR) is 109 cm³/mol. The Kier molecular flexibility index (Phi) is 4.42. The van der Waals surface area contributed by atoms with E-state index in [4.69, 9.17) is 4.42 Å². The van der Waals surface area contributed by atoms with E-state index in [0.717, 1.165) is 24.8 Å². The molecule has 0 saturated heterocycles. The van der Waals surface area contributed by atoms with Gasteiger partial charge >= 0.3 is 5.63 Å². The SMILES string of the molecule is C[C@]12CC[C@@H](O)CC1CCC1C2[C@@H](O)C(=O)[C@]2(C)[C@@H](c3ccc(=O)oc3)CC[C@]12O. The summed E-state index contributed by atoms with van der Waals surface area (Å²) in [5.74, 6) is -0.769. The molecule has 1 aromatic heterocycles. The van der Waals surface area contributed by atoms with Crippen LogP contribution in [0.4, 0.5) is 0 Å². The van der Waals surface area contributed by atoms with Crippen LogP contribution in [0.2, 0.25) is 0 Å². The molecule has 3 unspecified atom stereocenters. The second kappa shape index (κ2) is 6.50. The second-order valence-electron chi connectivity index (χ2n) is 10.8. The zero-order valence-corrected chi connectivity index (χ0v) is 17.7. The van der Waals surface area contributed by atoms with E-state index in [0.29, 0.717) is 25.7 Å². The molecule has 4 aliphatic carbocycles. The average Bonchev–Trinajstić information content (AvgIpc) is 3.00. The average molecular weight is 417 g/mol. The lowest BCUT2D eigenvalue weighted by Gasteiger charge is -2.64. The van der Waals surface area contributed by atoms with Crippen LogP contribution in [-0.2, 0) is 4.79 Å². The molecule has 9 atom stereocenters. The fourth-order valence-corrected chi connectivity index (χ4v) is 8.13. The van der Waals surface area contributed by atoms with Crippen molar-refractivity contribution >= 4 is 5.78 Å². The first-order valence-corrected chi connectivity index (χ1v) is 11.3. The number of ketones is 1. The highest BCUT2D eigenvalue weighted by Gasteiger charge is 2.73. The molecule has 0 aromatic carbocycles. The Morgan fingerprint density at radius 2 is 1.80 bits per heavy atom. The van der Waals surface area contributed by atoms with Gasteiger partial charge in [0.05, 0.1) is 23.4 Å². The highest BCUT2D eigenvalue weighted by atomic mass is 16.4. The Hall–Kier alpha value is -1.50. The van der Waals surface area contributed by atoms with Crippen LogP contribution in [0.1, 0.15) is 70.3 Å². The van der Waals surface area contributed by atoms with Gasteiger partial charge in [0.25, 0.3) is 0 Å². The molecule has 3 N–H and O–H groups in total. The summed E-state index contributed by atoms with van der Waals surface area (Å²) in [6.07, 6.45) is 4.88. The number of aliphatic hydroxyl groups is 3. The first-order valence-electron chi connectivity index (χ1n) is 11.3. The molecule has 6 nitrogen and oxygen atoms in total. The molecule has 4 saturated carbocycles. The molecule has 6 heteroatoms. The van der Waals surface area contributed by atoms with Crippen LogP contribution >= 0.6 is 0 Å². The minimum Gasteiger partial charge on any atom is -0.431 e. The van der Waals surface area contributed by atoms with Crippen molar-refractivity contribution in [1.82, 2.24) is 0 Å². The van der Waals surface area contributed by atoms with Crippen molar-refractivity contribution in [2.45, 2.75) is 82.5 Å². The van der Waals surface area contributed by atoms with Gasteiger partial charge in [0.1, 0.15) is 6.10 Å². The van der Waals surface area contributed by atoms with Crippen LogP contribution in [0.15, 0.2) is 27.6 Å². The standard InChI is InChI=1S/C24H32O6/c1-22-9-7-15(25)11-14(22)4-5-17-19(22)20(27)21(28)23(2)16(8-10-24(17,23)29)13-3-6-18(26)30-12-13/h3,6,12,14-17,19-20,25,27,29H,4-5,7-11H2,1-2H3/t14?,15-,16-,17?,19?,20-,22+,23+,24+/m1/s1. The molecule has 4 aliphatic rings. The largest absolute Gasteiger partial charge is 0.431 e. The summed E-state index contributed by atoms with van der Waals surface area (Å²) >= 11 is 0. The monoisotopic (exact) mass is 416 g/mol. The van der Waals surface area contributed by atoms with Crippen molar-refractivity contribution < 1.29 is 24.5 Å². The first kappa shape index (κ1) is 20.4. The van der Waals surface area contributed by atoms with Gasteiger partial charge < -0.3 is 19.7 Å². The maximum absolute atomic E-state index is 13.8. The van der Waals surface area contributed by atoms with Crippen LogP contribution in [0.3, 0.4) is 0 Å². The quantitative estimate of drug-likeness (QED) is 0.649. The summed E-state index contributed by atoms with van der Waals surface area (Å²) < 4.78 is 5.06. The second-order valence-corrected chi connectivity index (χ2v) is 10.8. The zero-order valence-electron chi connectivity index (χ0n) is 17.7. The molecule has 0 radical (unpaired) electrons. The maximum atomic E-state index is 13.8. The number of fused-ring (bicyclic) bond motifs is 5. The number of carbonyl (C=O) groups excluding carboxylic acids is 1. The number of carbonyl (C=O) groups is 1. The fraction of sp³-hybridized carbons (Fsp3) is 0.750. The van der Waals surface area contributed by atoms with Gasteiger partial charge in [0, 0.05) is 17.9 Å². The molecular weight excluding hydrogens is 384 g/mol. The van der Waals surface area contributed by atoms with Crippen molar-refractivity contribution in [3.05, 3.63) is 34.4 Å². The summed E-state index contributed by atoms with van der Waals surface area (Å²) in [7, 11) is 0. The van der Waals surface area contributed by atoms with E-state index in [1.807, 2.05) is 0 Å². The van der Waals surface area contributed by atoms with Crippen LogP contribution in [0.25, 0.3) is 0 Å². The van der Waals surface area contributed by atoms with Gasteiger partial charge in [-0.15, -0.1) is 0 Å². The fourth-order valence-electron chi connectivity index (χ4n) is 8.13. The Labute approximate surface area is 176 Å². The first-order chi connectivity index (χ1) is 14.1. The topological polar surface area (TPSA) is 108 Å². The van der Waals surface area contributed by atoms with Crippen molar-refractivity contribution in [3.63, 3.8) is 0 Å². The lowest BCUT2D eigenvalue weighted by atomic mass is 9.42. The molecule has 5 rings (SSSR count). The molecule has 1 heterocycles. The third-order valence-electron chi connectivity index (χ3n) is 9.80. The number of Topliss-reactive ketones (excluding diaryl/α,β-unsaturated/α-hetero) is 1. The Bertz CT molecular complexity index is 904.